The van der Waals surface area contributed by atoms with E-state index >= 15 is 0 Å². The lowest BCUT2D eigenvalue weighted by Gasteiger charge is -2.31. The van der Waals surface area contributed by atoms with Crippen molar-refractivity contribution in [2.45, 2.75) is 24.2 Å². The molecule has 3 rings (SSSR count). The van der Waals surface area contributed by atoms with Crippen LogP contribution in [0.2, 0.25) is 0 Å². The fourth-order valence-electron chi connectivity index (χ4n) is 2.95. The van der Waals surface area contributed by atoms with E-state index in [1.54, 1.807) is 18.3 Å². The lowest BCUT2D eigenvalue weighted by Crippen LogP contribution is -2.40. The zero-order valence-electron chi connectivity index (χ0n) is 11.7. The van der Waals surface area contributed by atoms with Gasteiger partial charge in [0.15, 0.2) is 0 Å². The standard InChI is InChI=1S/C14H19N3O3S/c18-8-5-11-3-2-7-17(10-11)21(19,20)13-9-16-14-12(13)4-1-6-15-14/h1,4,6,9,11,18H,2-3,5,7-8,10H2,(H,15,16). The normalized spacial score (nSPS) is 20.9. The van der Waals surface area contributed by atoms with Crippen molar-refractivity contribution in [2.24, 2.45) is 5.92 Å². The molecule has 1 fully saturated rings. The third kappa shape index (κ3) is 2.68. The van der Waals surface area contributed by atoms with Gasteiger partial charge in [0.25, 0.3) is 0 Å². The van der Waals surface area contributed by atoms with E-state index in [2.05, 4.69) is 9.97 Å². The maximum atomic E-state index is 12.8. The number of aromatic nitrogens is 2. The Morgan fingerprint density at radius 1 is 1.48 bits per heavy atom. The van der Waals surface area contributed by atoms with Crippen LogP contribution < -0.4 is 0 Å². The summed E-state index contributed by atoms with van der Waals surface area (Å²) in [5, 5.41) is 9.68. The molecule has 21 heavy (non-hydrogen) atoms. The van der Waals surface area contributed by atoms with Gasteiger partial charge in [-0.25, -0.2) is 13.4 Å². The van der Waals surface area contributed by atoms with Crippen molar-refractivity contribution in [2.75, 3.05) is 19.7 Å². The van der Waals surface area contributed by atoms with Crippen molar-refractivity contribution in [3.63, 3.8) is 0 Å². The number of nitrogens with zero attached hydrogens (tertiary/aromatic N) is 2. The molecule has 3 heterocycles. The van der Waals surface area contributed by atoms with E-state index < -0.39 is 10.0 Å². The third-order valence-electron chi connectivity index (χ3n) is 4.05. The van der Waals surface area contributed by atoms with Crippen molar-refractivity contribution in [3.8, 4) is 0 Å². The number of hydrogen-bond acceptors (Lipinski definition) is 4. The molecule has 0 spiro atoms. The number of fused-ring (bicyclic) bond motifs is 1. The summed E-state index contributed by atoms with van der Waals surface area (Å²) < 4.78 is 27.2. The number of rotatable bonds is 4. The number of pyridine rings is 1. The molecular formula is C14H19N3O3S. The summed E-state index contributed by atoms with van der Waals surface area (Å²) >= 11 is 0. The largest absolute Gasteiger partial charge is 0.396 e. The summed E-state index contributed by atoms with van der Waals surface area (Å²) in [6.07, 6.45) is 5.62. The molecule has 2 aromatic rings. The number of sulfonamides is 1. The quantitative estimate of drug-likeness (QED) is 0.892. The zero-order valence-corrected chi connectivity index (χ0v) is 12.5. The Hall–Kier alpha value is -1.44. The van der Waals surface area contributed by atoms with E-state index in [0.717, 1.165) is 12.8 Å². The van der Waals surface area contributed by atoms with Crippen LogP contribution in [0.15, 0.2) is 29.4 Å². The highest BCUT2D eigenvalue weighted by Crippen LogP contribution is 2.28. The van der Waals surface area contributed by atoms with Gasteiger partial charge in [-0.3, -0.25) is 0 Å². The summed E-state index contributed by atoms with van der Waals surface area (Å²) in [6.45, 7) is 1.13. The summed E-state index contributed by atoms with van der Waals surface area (Å²) in [4.78, 5) is 7.33. The molecule has 2 aromatic heterocycles. The number of aliphatic hydroxyl groups excluding tert-OH is 1. The second-order valence-electron chi connectivity index (χ2n) is 5.44. The van der Waals surface area contributed by atoms with Crippen molar-refractivity contribution >= 4 is 21.1 Å². The first-order valence-electron chi connectivity index (χ1n) is 7.16. The first kappa shape index (κ1) is 14.5. The molecule has 0 aliphatic carbocycles. The Bertz CT molecular complexity index is 724. The molecule has 6 nitrogen and oxygen atoms in total. The first-order chi connectivity index (χ1) is 10.1. The molecule has 0 bridgehead atoms. The Balaban J connectivity index is 1.93. The van der Waals surface area contributed by atoms with Crippen molar-refractivity contribution in [1.29, 1.82) is 0 Å². The Kier molecular flexibility index (Phi) is 3.97. The number of aliphatic hydroxyl groups is 1. The van der Waals surface area contributed by atoms with Crippen molar-refractivity contribution in [1.82, 2.24) is 14.3 Å². The SMILES string of the molecule is O=S(=O)(c1c[nH]c2ncccc12)N1CCCC(CCO)C1. The Morgan fingerprint density at radius 2 is 2.33 bits per heavy atom. The zero-order chi connectivity index (χ0) is 14.9. The predicted octanol–water partition coefficient (Wildman–Crippen LogP) is 1.35. The van der Waals surface area contributed by atoms with E-state index in [4.69, 9.17) is 5.11 Å². The third-order valence-corrected chi connectivity index (χ3v) is 5.96. The fraction of sp³-hybridized carbons (Fsp3) is 0.500. The summed E-state index contributed by atoms with van der Waals surface area (Å²) in [6, 6.07) is 3.50. The van der Waals surface area contributed by atoms with Crippen LogP contribution in [0.5, 0.6) is 0 Å². The molecule has 2 N–H and O–H groups in total. The highest BCUT2D eigenvalue weighted by Gasteiger charge is 2.31. The second kappa shape index (κ2) is 5.75. The van der Waals surface area contributed by atoms with Crippen LogP contribution in [0.1, 0.15) is 19.3 Å². The Morgan fingerprint density at radius 3 is 3.14 bits per heavy atom. The average molecular weight is 309 g/mol. The van der Waals surface area contributed by atoms with Gasteiger partial charge in [-0.05, 0) is 37.3 Å². The van der Waals surface area contributed by atoms with E-state index in [0.29, 0.717) is 30.5 Å². The van der Waals surface area contributed by atoms with Gasteiger partial charge in [-0.1, -0.05) is 0 Å². The predicted molar refractivity (Wildman–Crippen MR) is 79.3 cm³/mol. The van der Waals surface area contributed by atoms with Crippen LogP contribution in [0.25, 0.3) is 11.0 Å². The van der Waals surface area contributed by atoms with Gasteiger partial charge in [0.1, 0.15) is 10.5 Å². The van der Waals surface area contributed by atoms with Crippen molar-refractivity contribution in [3.05, 3.63) is 24.5 Å². The summed E-state index contributed by atoms with van der Waals surface area (Å²) in [5.41, 5.74) is 0.583. The molecule has 0 amide bonds. The molecule has 0 radical (unpaired) electrons. The number of piperidine rings is 1. The topological polar surface area (TPSA) is 86.3 Å². The highest BCUT2D eigenvalue weighted by atomic mass is 32.2. The molecule has 0 aromatic carbocycles. The Labute approximate surface area is 123 Å². The number of H-pyrrole nitrogens is 1. The summed E-state index contributed by atoms with van der Waals surface area (Å²) in [5.74, 6) is 0.238. The lowest BCUT2D eigenvalue weighted by atomic mass is 9.97. The molecule has 114 valence electrons. The molecule has 1 atom stereocenters. The van der Waals surface area contributed by atoms with Crippen LogP contribution in [0, 0.1) is 5.92 Å². The molecular weight excluding hydrogens is 290 g/mol. The molecule has 0 saturated carbocycles. The van der Waals surface area contributed by atoms with Crippen LogP contribution >= 0.6 is 0 Å². The number of hydrogen-bond donors (Lipinski definition) is 2. The minimum Gasteiger partial charge on any atom is -0.396 e. The monoisotopic (exact) mass is 309 g/mol. The highest BCUT2D eigenvalue weighted by molar-refractivity contribution is 7.89. The fourth-order valence-corrected chi connectivity index (χ4v) is 4.65. The van der Waals surface area contributed by atoms with Crippen LogP contribution in [-0.4, -0.2) is 47.5 Å². The molecule has 1 aliphatic heterocycles. The van der Waals surface area contributed by atoms with E-state index in [-0.39, 0.29) is 17.4 Å². The molecule has 7 heteroatoms. The maximum Gasteiger partial charge on any atom is 0.245 e. The van der Waals surface area contributed by atoms with E-state index in [9.17, 15) is 8.42 Å². The molecule has 1 saturated heterocycles. The van der Waals surface area contributed by atoms with E-state index in [1.807, 2.05) is 0 Å². The minimum atomic E-state index is -3.52. The van der Waals surface area contributed by atoms with Crippen LogP contribution in [0.3, 0.4) is 0 Å². The van der Waals surface area contributed by atoms with Crippen molar-refractivity contribution < 1.29 is 13.5 Å². The van der Waals surface area contributed by atoms with Gasteiger partial charge in [0.2, 0.25) is 10.0 Å². The van der Waals surface area contributed by atoms with Gasteiger partial charge < -0.3 is 10.1 Å². The van der Waals surface area contributed by atoms with Gasteiger partial charge in [0.05, 0.1) is 0 Å². The lowest BCUT2D eigenvalue weighted by molar-refractivity contribution is 0.203. The van der Waals surface area contributed by atoms with E-state index in [1.165, 1.54) is 10.5 Å². The van der Waals surface area contributed by atoms with Gasteiger partial charge in [-0.15, -0.1) is 0 Å². The minimum absolute atomic E-state index is 0.107. The second-order valence-corrected chi connectivity index (χ2v) is 7.34. The van der Waals surface area contributed by atoms with Gasteiger partial charge >= 0.3 is 0 Å². The summed E-state index contributed by atoms with van der Waals surface area (Å²) in [7, 11) is -3.52. The molecule has 1 unspecified atom stereocenters. The number of nitrogens with one attached hydrogen (secondary N) is 1. The first-order valence-corrected chi connectivity index (χ1v) is 8.60. The number of aromatic amines is 1. The average Bonchev–Trinajstić information content (AvgIpc) is 2.92. The van der Waals surface area contributed by atoms with Gasteiger partial charge in [-0.2, -0.15) is 4.31 Å². The van der Waals surface area contributed by atoms with Crippen LogP contribution in [0.4, 0.5) is 0 Å². The molecule has 1 aliphatic rings. The smallest absolute Gasteiger partial charge is 0.245 e. The van der Waals surface area contributed by atoms with Crippen LogP contribution in [-0.2, 0) is 10.0 Å². The van der Waals surface area contributed by atoms with Gasteiger partial charge in [0, 0.05) is 37.5 Å². The maximum absolute atomic E-state index is 12.8.